The molecule has 1 unspecified atom stereocenters. The minimum Gasteiger partial charge on any atom is -0.327 e. The van der Waals surface area contributed by atoms with E-state index in [9.17, 15) is 4.39 Å². The van der Waals surface area contributed by atoms with Crippen molar-refractivity contribution in [3.05, 3.63) is 48.0 Å². The summed E-state index contributed by atoms with van der Waals surface area (Å²) in [5.74, 6) is 0.549. The monoisotopic (exact) mass is 279 g/mol. The summed E-state index contributed by atoms with van der Waals surface area (Å²) >= 11 is 1.47. The first kappa shape index (κ1) is 14.1. The summed E-state index contributed by atoms with van der Waals surface area (Å²) < 4.78 is 15.2. The summed E-state index contributed by atoms with van der Waals surface area (Å²) in [4.78, 5) is 0.666. The van der Waals surface area contributed by atoms with E-state index in [1.807, 2.05) is 25.5 Å². The van der Waals surface area contributed by atoms with Crippen LogP contribution in [0.1, 0.15) is 12.0 Å². The third-order valence-corrected chi connectivity index (χ3v) is 4.09. The van der Waals surface area contributed by atoms with Gasteiger partial charge in [-0.3, -0.25) is 4.68 Å². The number of nitrogens with two attached hydrogens (primary N) is 1. The van der Waals surface area contributed by atoms with Crippen LogP contribution in [0.15, 0.2) is 41.6 Å². The molecule has 3 nitrogen and oxygen atoms in total. The Kier molecular flexibility index (Phi) is 4.99. The molecule has 0 aliphatic rings. The molecular formula is C14H18FN3S. The topological polar surface area (TPSA) is 43.8 Å². The Hall–Kier alpha value is -1.33. The summed E-state index contributed by atoms with van der Waals surface area (Å²) in [6, 6.07) is 6.86. The second-order valence-electron chi connectivity index (χ2n) is 4.56. The van der Waals surface area contributed by atoms with Gasteiger partial charge >= 0.3 is 0 Å². The second-order valence-corrected chi connectivity index (χ2v) is 5.62. The highest BCUT2D eigenvalue weighted by Gasteiger charge is 2.07. The van der Waals surface area contributed by atoms with Crippen LogP contribution >= 0.6 is 11.8 Å². The Morgan fingerprint density at radius 3 is 2.89 bits per heavy atom. The van der Waals surface area contributed by atoms with Gasteiger partial charge in [0, 0.05) is 29.9 Å². The molecule has 0 spiro atoms. The highest BCUT2D eigenvalue weighted by molar-refractivity contribution is 7.99. The molecule has 0 radical (unpaired) electrons. The fourth-order valence-electron chi connectivity index (χ4n) is 1.79. The molecule has 1 heterocycles. The largest absolute Gasteiger partial charge is 0.327 e. The zero-order valence-electron chi connectivity index (χ0n) is 10.9. The van der Waals surface area contributed by atoms with Crippen molar-refractivity contribution in [1.29, 1.82) is 0 Å². The third-order valence-electron chi connectivity index (χ3n) is 2.85. The number of aryl methyl sites for hydroxylation is 2. The van der Waals surface area contributed by atoms with Gasteiger partial charge in [0.1, 0.15) is 5.82 Å². The minimum absolute atomic E-state index is 0.0600. The van der Waals surface area contributed by atoms with Crippen LogP contribution in [0.3, 0.4) is 0 Å². The maximum atomic E-state index is 13.4. The normalized spacial score (nSPS) is 12.6. The molecule has 0 aliphatic heterocycles. The zero-order chi connectivity index (χ0) is 13.7. The highest BCUT2D eigenvalue weighted by Crippen LogP contribution is 2.22. The molecule has 0 aliphatic carbocycles. The van der Waals surface area contributed by atoms with Gasteiger partial charge in [0.2, 0.25) is 0 Å². The van der Waals surface area contributed by atoms with Crippen LogP contribution in [-0.2, 0) is 13.5 Å². The van der Waals surface area contributed by atoms with E-state index in [0.717, 1.165) is 18.6 Å². The Morgan fingerprint density at radius 1 is 1.42 bits per heavy atom. The van der Waals surface area contributed by atoms with Crippen LogP contribution in [0.4, 0.5) is 4.39 Å². The number of aromatic nitrogens is 2. The van der Waals surface area contributed by atoms with Crippen molar-refractivity contribution in [3.63, 3.8) is 0 Å². The van der Waals surface area contributed by atoms with Gasteiger partial charge in [-0.2, -0.15) is 5.10 Å². The van der Waals surface area contributed by atoms with Crippen molar-refractivity contribution < 1.29 is 4.39 Å². The lowest BCUT2D eigenvalue weighted by molar-refractivity contribution is 0.601. The number of hydrogen-bond acceptors (Lipinski definition) is 3. The van der Waals surface area contributed by atoms with E-state index >= 15 is 0 Å². The smallest absolute Gasteiger partial charge is 0.136 e. The van der Waals surface area contributed by atoms with Crippen molar-refractivity contribution >= 4 is 11.8 Å². The maximum Gasteiger partial charge on any atom is 0.136 e. The molecule has 102 valence electrons. The molecule has 19 heavy (non-hydrogen) atoms. The van der Waals surface area contributed by atoms with Gasteiger partial charge in [0.05, 0.1) is 6.20 Å². The number of rotatable bonds is 6. The molecule has 0 amide bonds. The molecule has 0 bridgehead atoms. The molecule has 2 rings (SSSR count). The average molecular weight is 279 g/mol. The van der Waals surface area contributed by atoms with Gasteiger partial charge in [-0.1, -0.05) is 12.1 Å². The zero-order valence-corrected chi connectivity index (χ0v) is 11.7. The average Bonchev–Trinajstić information content (AvgIpc) is 2.81. The Morgan fingerprint density at radius 2 is 2.21 bits per heavy atom. The Balaban J connectivity index is 1.76. The predicted molar refractivity (Wildman–Crippen MR) is 76.6 cm³/mol. The molecular weight excluding hydrogens is 261 g/mol. The minimum atomic E-state index is -0.174. The number of benzene rings is 1. The van der Waals surface area contributed by atoms with Crippen molar-refractivity contribution in [2.45, 2.75) is 23.8 Å². The van der Waals surface area contributed by atoms with Gasteiger partial charge in [-0.25, -0.2) is 4.39 Å². The first-order chi connectivity index (χ1) is 9.15. The number of halogens is 1. The van der Waals surface area contributed by atoms with Crippen molar-refractivity contribution in [2.75, 3.05) is 5.75 Å². The Bertz CT molecular complexity index is 527. The molecule has 1 aromatic carbocycles. The molecule has 1 aromatic heterocycles. The van der Waals surface area contributed by atoms with Crippen molar-refractivity contribution in [3.8, 4) is 0 Å². The van der Waals surface area contributed by atoms with Crippen LogP contribution in [0, 0.1) is 5.82 Å². The fraction of sp³-hybridized carbons (Fsp3) is 0.357. The molecule has 0 saturated heterocycles. The summed E-state index contributed by atoms with van der Waals surface area (Å²) in [5.41, 5.74) is 7.24. The molecule has 1 atom stereocenters. The van der Waals surface area contributed by atoms with Gasteiger partial charge in [0.25, 0.3) is 0 Å². The van der Waals surface area contributed by atoms with Crippen LogP contribution < -0.4 is 5.73 Å². The molecule has 2 aromatic rings. The molecule has 2 N–H and O–H groups in total. The van der Waals surface area contributed by atoms with E-state index in [2.05, 4.69) is 5.10 Å². The SMILES string of the molecule is Cn1cc(CCC(N)CSc2ccccc2F)cn1. The third kappa shape index (κ3) is 4.36. The van der Waals surface area contributed by atoms with Crippen molar-refractivity contribution in [1.82, 2.24) is 9.78 Å². The van der Waals surface area contributed by atoms with Gasteiger partial charge < -0.3 is 5.73 Å². The predicted octanol–water partition coefficient (Wildman–Crippen LogP) is 2.61. The molecule has 0 fully saturated rings. The van der Waals surface area contributed by atoms with Crippen LogP contribution in [0.2, 0.25) is 0 Å². The summed E-state index contributed by atoms with van der Waals surface area (Å²) in [6.45, 7) is 0. The van der Waals surface area contributed by atoms with E-state index in [0.29, 0.717) is 4.90 Å². The van der Waals surface area contributed by atoms with Crippen molar-refractivity contribution in [2.24, 2.45) is 12.8 Å². The lowest BCUT2D eigenvalue weighted by Gasteiger charge is -2.10. The number of thioether (sulfide) groups is 1. The number of nitrogens with zero attached hydrogens (tertiary/aromatic N) is 2. The maximum absolute atomic E-state index is 13.4. The lowest BCUT2D eigenvalue weighted by Crippen LogP contribution is -2.23. The van der Waals surface area contributed by atoms with Crippen LogP contribution in [-0.4, -0.2) is 21.6 Å². The van der Waals surface area contributed by atoms with E-state index < -0.39 is 0 Å². The summed E-state index contributed by atoms with van der Waals surface area (Å²) in [5, 5.41) is 4.12. The quantitative estimate of drug-likeness (QED) is 0.827. The fourth-order valence-corrected chi connectivity index (χ4v) is 2.74. The molecule has 0 saturated carbocycles. The van der Waals surface area contributed by atoms with Gasteiger partial charge in [-0.05, 0) is 30.5 Å². The van der Waals surface area contributed by atoms with E-state index in [1.165, 1.54) is 23.4 Å². The van der Waals surface area contributed by atoms with Gasteiger partial charge in [-0.15, -0.1) is 11.8 Å². The summed E-state index contributed by atoms with van der Waals surface area (Å²) in [7, 11) is 1.90. The van der Waals surface area contributed by atoms with Crippen LogP contribution in [0.25, 0.3) is 0 Å². The van der Waals surface area contributed by atoms with E-state index in [1.54, 1.807) is 16.8 Å². The highest BCUT2D eigenvalue weighted by atomic mass is 32.2. The lowest BCUT2D eigenvalue weighted by atomic mass is 10.1. The Labute approximate surface area is 117 Å². The number of hydrogen-bond donors (Lipinski definition) is 1. The van der Waals surface area contributed by atoms with Gasteiger partial charge in [0.15, 0.2) is 0 Å². The summed E-state index contributed by atoms with van der Waals surface area (Å²) in [6.07, 6.45) is 5.65. The van der Waals surface area contributed by atoms with E-state index in [-0.39, 0.29) is 11.9 Å². The first-order valence-corrected chi connectivity index (χ1v) is 7.24. The molecule has 5 heteroatoms. The van der Waals surface area contributed by atoms with E-state index in [4.69, 9.17) is 5.73 Å². The standard InChI is InChI=1S/C14H18FN3S/c1-18-9-11(8-17-18)6-7-12(16)10-19-14-5-3-2-4-13(14)15/h2-5,8-9,12H,6-7,10,16H2,1H3. The van der Waals surface area contributed by atoms with Crippen LogP contribution in [0.5, 0.6) is 0 Å². The second kappa shape index (κ2) is 6.73. The first-order valence-electron chi connectivity index (χ1n) is 6.25.